The van der Waals surface area contributed by atoms with Gasteiger partial charge in [0.15, 0.2) is 0 Å². The third-order valence-corrected chi connectivity index (χ3v) is 3.06. The van der Waals surface area contributed by atoms with Crippen LogP contribution < -0.4 is 5.32 Å². The van der Waals surface area contributed by atoms with Crippen molar-refractivity contribution in [2.75, 3.05) is 45.8 Å². The van der Waals surface area contributed by atoms with Crippen LogP contribution in [-0.4, -0.2) is 61.9 Å². The highest BCUT2D eigenvalue weighted by molar-refractivity contribution is 5.51. The molecule has 2 heterocycles. The average Bonchev–Trinajstić information content (AvgIpc) is 2.33. The fourth-order valence-electron chi connectivity index (χ4n) is 2.11. The highest BCUT2D eigenvalue weighted by Gasteiger charge is 2.16. The van der Waals surface area contributed by atoms with E-state index in [9.17, 15) is 4.79 Å². The number of aldehydes is 1. The Labute approximate surface area is 96.6 Å². The van der Waals surface area contributed by atoms with Gasteiger partial charge in [0, 0.05) is 45.5 Å². The largest absolute Gasteiger partial charge is 0.387 e. The lowest BCUT2D eigenvalue weighted by atomic mass is 10.2. The zero-order valence-electron chi connectivity index (χ0n) is 9.56. The first-order chi connectivity index (χ1) is 7.88. The molecule has 4 nitrogen and oxygen atoms in total. The van der Waals surface area contributed by atoms with E-state index >= 15 is 0 Å². The summed E-state index contributed by atoms with van der Waals surface area (Å²) in [6.45, 7) is 6.65. The van der Waals surface area contributed by atoms with E-state index in [-0.39, 0.29) is 0 Å². The Kier molecular flexibility index (Phi) is 4.13. The van der Waals surface area contributed by atoms with Gasteiger partial charge in [0.05, 0.1) is 6.54 Å². The SMILES string of the molecule is O=CCN1CCN(CC2=CNCC=C2)CC1. The van der Waals surface area contributed by atoms with Crippen LogP contribution >= 0.6 is 0 Å². The molecular weight excluding hydrogens is 202 g/mol. The van der Waals surface area contributed by atoms with Crippen molar-refractivity contribution >= 4 is 6.29 Å². The van der Waals surface area contributed by atoms with Gasteiger partial charge in [-0.25, -0.2) is 0 Å². The molecule has 0 spiro atoms. The number of carbonyl (C=O) groups is 1. The summed E-state index contributed by atoms with van der Waals surface area (Å²) in [5, 5.41) is 3.22. The van der Waals surface area contributed by atoms with Gasteiger partial charge in [-0.05, 0) is 5.57 Å². The van der Waals surface area contributed by atoms with Crippen LogP contribution in [0.3, 0.4) is 0 Å². The first-order valence-electron chi connectivity index (χ1n) is 5.86. The van der Waals surface area contributed by atoms with E-state index in [1.165, 1.54) is 5.57 Å². The molecule has 0 bridgehead atoms. The number of piperazine rings is 1. The maximum absolute atomic E-state index is 10.4. The van der Waals surface area contributed by atoms with Crippen LogP contribution in [0.2, 0.25) is 0 Å². The van der Waals surface area contributed by atoms with Gasteiger partial charge in [0.2, 0.25) is 0 Å². The maximum Gasteiger partial charge on any atom is 0.133 e. The molecule has 0 atom stereocenters. The molecule has 2 rings (SSSR count). The maximum atomic E-state index is 10.4. The number of hydrogen-bond donors (Lipinski definition) is 1. The van der Waals surface area contributed by atoms with Crippen molar-refractivity contribution in [3.05, 3.63) is 23.9 Å². The molecule has 4 heteroatoms. The van der Waals surface area contributed by atoms with Crippen molar-refractivity contribution in [1.29, 1.82) is 0 Å². The number of nitrogens with zero attached hydrogens (tertiary/aromatic N) is 2. The summed E-state index contributed by atoms with van der Waals surface area (Å²) < 4.78 is 0. The van der Waals surface area contributed by atoms with Crippen molar-refractivity contribution < 1.29 is 4.79 Å². The van der Waals surface area contributed by atoms with Gasteiger partial charge in [-0.1, -0.05) is 12.2 Å². The smallest absolute Gasteiger partial charge is 0.133 e. The molecule has 1 fully saturated rings. The van der Waals surface area contributed by atoms with E-state index in [1.54, 1.807) is 0 Å². The minimum atomic E-state index is 0.581. The van der Waals surface area contributed by atoms with Gasteiger partial charge in [-0.15, -0.1) is 0 Å². The molecule has 0 aliphatic carbocycles. The topological polar surface area (TPSA) is 35.6 Å². The molecule has 0 aromatic rings. The van der Waals surface area contributed by atoms with E-state index in [2.05, 4.69) is 33.5 Å². The fraction of sp³-hybridized carbons (Fsp3) is 0.583. The Morgan fingerprint density at radius 2 is 2.00 bits per heavy atom. The summed E-state index contributed by atoms with van der Waals surface area (Å²) in [6.07, 6.45) is 7.43. The van der Waals surface area contributed by atoms with Crippen molar-refractivity contribution in [2.24, 2.45) is 0 Å². The zero-order chi connectivity index (χ0) is 11.2. The Morgan fingerprint density at radius 1 is 1.25 bits per heavy atom. The Balaban J connectivity index is 1.74. The summed E-state index contributed by atoms with van der Waals surface area (Å²) >= 11 is 0. The summed E-state index contributed by atoms with van der Waals surface area (Å²) in [4.78, 5) is 15.0. The molecule has 1 N–H and O–H groups in total. The van der Waals surface area contributed by atoms with E-state index in [0.717, 1.165) is 45.6 Å². The highest BCUT2D eigenvalue weighted by Crippen LogP contribution is 2.07. The number of carbonyl (C=O) groups excluding carboxylic acids is 1. The van der Waals surface area contributed by atoms with Crippen LogP contribution in [0.25, 0.3) is 0 Å². The van der Waals surface area contributed by atoms with Gasteiger partial charge in [0.1, 0.15) is 6.29 Å². The third kappa shape index (κ3) is 3.18. The van der Waals surface area contributed by atoms with E-state index < -0.39 is 0 Å². The van der Waals surface area contributed by atoms with Crippen molar-refractivity contribution in [3.63, 3.8) is 0 Å². The Bertz CT molecular complexity index is 291. The standard InChI is InChI=1S/C12H19N3O/c16-9-8-14-4-6-15(7-5-14)11-12-2-1-3-13-10-12/h1-2,9-10,13H,3-8,11H2. The van der Waals surface area contributed by atoms with Gasteiger partial charge >= 0.3 is 0 Å². The normalized spacial score (nSPS) is 22.6. The molecule has 0 amide bonds. The lowest BCUT2D eigenvalue weighted by Crippen LogP contribution is -2.47. The summed E-state index contributed by atoms with van der Waals surface area (Å²) in [7, 11) is 0. The van der Waals surface area contributed by atoms with Gasteiger partial charge in [-0.3, -0.25) is 9.80 Å². The third-order valence-electron chi connectivity index (χ3n) is 3.06. The van der Waals surface area contributed by atoms with Crippen molar-refractivity contribution in [1.82, 2.24) is 15.1 Å². The Morgan fingerprint density at radius 3 is 2.62 bits per heavy atom. The molecule has 0 radical (unpaired) electrons. The lowest BCUT2D eigenvalue weighted by molar-refractivity contribution is -0.109. The predicted molar refractivity (Wildman–Crippen MR) is 64.2 cm³/mol. The number of nitrogens with one attached hydrogen (secondary N) is 1. The molecule has 0 aromatic carbocycles. The highest BCUT2D eigenvalue weighted by atomic mass is 16.1. The van der Waals surface area contributed by atoms with Crippen molar-refractivity contribution in [2.45, 2.75) is 0 Å². The van der Waals surface area contributed by atoms with E-state index in [0.29, 0.717) is 6.54 Å². The molecule has 0 aromatic heterocycles. The van der Waals surface area contributed by atoms with Crippen LogP contribution in [0.5, 0.6) is 0 Å². The Hall–Kier alpha value is -1.13. The minimum Gasteiger partial charge on any atom is -0.387 e. The number of hydrogen-bond acceptors (Lipinski definition) is 4. The molecule has 2 aliphatic rings. The molecule has 1 saturated heterocycles. The first kappa shape index (κ1) is 11.4. The molecular formula is C12H19N3O. The number of dihydropyridines is 1. The predicted octanol–water partition coefficient (Wildman–Crippen LogP) is -0.154. The average molecular weight is 221 g/mol. The quantitative estimate of drug-likeness (QED) is 0.670. The number of rotatable bonds is 4. The van der Waals surface area contributed by atoms with Crippen LogP contribution in [0.15, 0.2) is 23.9 Å². The second-order valence-electron chi connectivity index (χ2n) is 4.27. The van der Waals surface area contributed by atoms with Gasteiger partial charge in [-0.2, -0.15) is 0 Å². The second-order valence-corrected chi connectivity index (χ2v) is 4.27. The second kappa shape index (κ2) is 5.82. The fourth-order valence-corrected chi connectivity index (χ4v) is 2.11. The monoisotopic (exact) mass is 221 g/mol. The molecule has 0 unspecified atom stereocenters. The molecule has 0 saturated carbocycles. The molecule has 16 heavy (non-hydrogen) atoms. The van der Waals surface area contributed by atoms with Crippen molar-refractivity contribution in [3.8, 4) is 0 Å². The molecule has 88 valence electrons. The van der Waals surface area contributed by atoms with E-state index in [1.807, 2.05) is 0 Å². The minimum absolute atomic E-state index is 0.581. The summed E-state index contributed by atoms with van der Waals surface area (Å²) in [5.41, 5.74) is 1.34. The summed E-state index contributed by atoms with van der Waals surface area (Å²) in [5.74, 6) is 0. The van der Waals surface area contributed by atoms with E-state index in [4.69, 9.17) is 0 Å². The zero-order valence-corrected chi connectivity index (χ0v) is 9.56. The van der Waals surface area contributed by atoms with Gasteiger partial charge in [0.25, 0.3) is 0 Å². The van der Waals surface area contributed by atoms with Gasteiger partial charge < -0.3 is 10.1 Å². The van der Waals surface area contributed by atoms with Crippen LogP contribution in [0.1, 0.15) is 0 Å². The first-order valence-corrected chi connectivity index (χ1v) is 5.86. The van der Waals surface area contributed by atoms with Crippen LogP contribution in [-0.2, 0) is 4.79 Å². The summed E-state index contributed by atoms with van der Waals surface area (Å²) in [6, 6.07) is 0. The van der Waals surface area contributed by atoms with Crippen LogP contribution in [0, 0.1) is 0 Å². The lowest BCUT2D eigenvalue weighted by Gasteiger charge is -2.34. The molecule has 2 aliphatic heterocycles. The van der Waals surface area contributed by atoms with Crippen LogP contribution in [0.4, 0.5) is 0 Å².